The van der Waals surface area contributed by atoms with Crippen LogP contribution in [0.3, 0.4) is 0 Å². The minimum absolute atomic E-state index is 0.249. The number of aliphatic carboxylic acids is 1. The highest BCUT2D eigenvalue weighted by molar-refractivity contribution is 7.10. The molecule has 1 aliphatic rings. The second-order valence-corrected chi connectivity index (χ2v) is 4.98. The Kier molecular flexibility index (Phi) is 3.07. The van der Waals surface area contributed by atoms with Crippen molar-refractivity contribution in [2.45, 2.75) is 25.9 Å². The zero-order valence-corrected chi connectivity index (χ0v) is 9.42. The monoisotopic (exact) mass is 226 g/mol. The van der Waals surface area contributed by atoms with E-state index in [2.05, 4.69) is 0 Å². The van der Waals surface area contributed by atoms with Crippen LogP contribution in [0.25, 0.3) is 0 Å². The molecule has 1 aromatic rings. The summed E-state index contributed by atoms with van der Waals surface area (Å²) in [4.78, 5) is 12.3. The molecule has 1 aromatic heterocycles. The van der Waals surface area contributed by atoms with Crippen molar-refractivity contribution in [3.8, 4) is 0 Å². The van der Waals surface area contributed by atoms with E-state index in [1.54, 1.807) is 11.3 Å². The van der Waals surface area contributed by atoms with Gasteiger partial charge < -0.3 is 9.84 Å². The van der Waals surface area contributed by atoms with Crippen molar-refractivity contribution in [1.29, 1.82) is 0 Å². The van der Waals surface area contributed by atoms with Gasteiger partial charge in [0.2, 0.25) is 0 Å². The maximum Gasteiger partial charge on any atom is 0.309 e. The van der Waals surface area contributed by atoms with Crippen molar-refractivity contribution in [3.05, 3.63) is 21.9 Å². The van der Waals surface area contributed by atoms with E-state index < -0.39 is 5.97 Å². The van der Waals surface area contributed by atoms with Gasteiger partial charge >= 0.3 is 5.97 Å². The Balaban J connectivity index is 2.21. The molecule has 15 heavy (non-hydrogen) atoms. The molecule has 0 bridgehead atoms. The fraction of sp³-hybridized carbons (Fsp3) is 0.545. The molecule has 1 fully saturated rings. The van der Waals surface area contributed by atoms with Crippen LogP contribution < -0.4 is 0 Å². The second kappa shape index (κ2) is 4.33. The minimum Gasteiger partial charge on any atom is -0.481 e. The predicted molar refractivity (Wildman–Crippen MR) is 58.1 cm³/mol. The van der Waals surface area contributed by atoms with Gasteiger partial charge in [0.15, 0.2) is 0 Å². The smallest absolute Gasteiger partial charge is 0.309 e. The van der Waals surface area contributed by atoms with E-state index in [-0.39, 0.29) is 12.0 Å². The summed E-state index contributed by atoms with van der Waals surface area (Å²) in [6.45, 7) is 2.69. The van der Waals surface area contributed by atoms with Gasteiger partial charge in [-0.25, -0.2) is 0 Å². The van der Waals surface area contributed by atoms with Crippen LogP contribution in [0.5, 0.6) is 0 Å². The van der Waals surface area contributed by atoms with Gasteiger partial charge in [-0.05, 0) is 36.8 Å². The lowest BCUT2D eigenvalue weighted by atomic mass is 9.91. The van der Waals surface area contributed by atoms with Crippen molar-refractivity contribution in [2.24, 2.45) is 5.92 Å². The number of ether oxygens (including phenoxy) is 1. The molecule has 1 saturated heterocycles. The van der Waals surface area contributed by atoms with Crippen molar-refractivity contribution >= 4 is 17.3 Å². The van der Waals surface area contributed by atoms with Crippen molar-refractivity contribution in [1.82, 2.24) is 0 Å². The third-order valence-electron chi connectivity index (χ3n) is 2.72. The fourth-order valence-corrected chi connectivity index (χ4v) is 2.70. The van der Waals surface area contributed by atoms with Gasteiger partial charge in [-0.1, -0.05) is 0 Å². The number of carboxylic acid groups (broad SMARTS) is 1. The lowest BCUT2D eigenvalue weighted by molar-refractivity contribution is -0.151. The van der Waals surface area contributed by atoms with Crippen LogP contribution in [-0.2, 0) is 9.53 Å². The molecule has 0 aliphatic carbocycles. The number of aryl methyl sites for hydroxylation is 1. The molecule has 2 unspecified atom stereocenters. The van der Waals surface area contributed by atoms with Crippen LogP contribution in [0.4, 0.5) is 0 Å². The van der Waals surface area contributed by atoms with E-state index in [0.29, 0.717) is 6.61 Å². The Hall–Kier alpha value is -0.870. The molecule has 2 rings (SSSR count). The molecule has 4 heteroatoms. The van der Waals surface area contributed by atoms with Gasteiger partial charge in [0.1, 0.15) is 0 Å². The maximum atomic E-state index is 11.1. The van der Waals surface area contributed by atoms with Crippen LogP contribution in [-0.4, -0.2) is 17.7 Å². The van der Waals surface area contributed by atoms with Crippen LogP contribution >= 0.6 is 11.3 Å². The summed E-state index contributed by atoms with van der Waals surface area (Å²) in [7, 11) is 0. The summed E-state index contributed by atoms with van der Waals surface area (Å²) in [5.41, 5.74) is 1.02. The molecular weight excluding hydrogens is 212 g/mol. The van der Waals surface area contributed by atoms with E-state index in [1.807, 2.05) is 18.4 Å². The van der Waals surface area contributed by atoms with E-state index in [9.17, 15) is 4.79 Å². The first-order chi connectivity index (χ1) is 7.18. The standard InChI is InChI=1S/C11H14O3S/c1-7-5-8(6-15-7)10-9(11(12)13)3-2-4-14-10/h5-6,9-10H,2-4H2,1H3,(H,12,13). The van der Waals surface area contributed by atoms with E-state index in [1.165, 1.54) is 4.88 Å². The normalized spacial score (nSPS) is 26.5. The van der Waals surface area contributed by atoms with Gasteiger partial charge in [0, 0.05) is 11.5 Å². The molecule has 1 aliphatic heterocycles. The zero-order valence-electron chi connectivity index (χ0n) is 8.60. The topological polar surface area (TPSA) is 46.5 Å². The Labute approximate surface area is 92.7 Å². The van der Waals surface area contributed by atoms with Crippen molar-refractivity contribution in [3.63, 3.8) is 0 Å². The molecule has 0 aromatic carbocycles. The van der Waals surface area contributed by atoms with Gasteiger partial charge in [-0.15, -0.1) is 11.3 Å². The lowest BCUT2D eigenvalue weighted by Gasteiger charge is -2.28. The molecule has 2 heterocycles. The van der Waals surface area contributed by atoms with Gasteiger partial charge in [-0.2, -0.15) is 0 Å². The Morgan fingerprint density at radius 3 is 3.07 bits per heavy atom. The number of carbonyl (C=O) groups is 1. The maximum absolute atomic E-state index is 11.1. The van der Waals surface area contributed by atoms with E-state index >= 15 is 0 Å². The fourth-order valence-electron chi connectivity index (χ4n) is 1.98. The summed E-state index contributed by atoms with van der Waals surface area (Å²) in [6, 6.07) is 2.02. The molecule has 0 amide bonds. The molecule has 1 N–H and O–H groups in total. The first-order valence-electron chi connectivity index (χ1n) is 5.08. The Morgan fingerprint density at radius 1 is 1.67 bits per heavy atom. The number of thiophene rings is 1. The molecule has 0 radical (unpaired) electrons. The highest BCUT2D eigenvalue weighted by Gasteiger charge is 2.33. The second-order valence-electron chi connectivity index (χ2n) is 3.87. The molecule has 3 nitrogen and oxygen atoms in total. The lowest BCUT2D eigenvalue weighted by Crippen LogP contribution is -2.28. The largest absolute Gasteiger partial charge is 0.481 e. The summed E-state index contributed by atoms with van der Waals surface area (Å²) < 4.78 is 5.58. The summed E-state index contributed by atoms with van der Waals surface area (Å²) in [5, 5.41) is 11.1. The molecular formula is C11H14O3S. The van der Waals surface area contributed by atoms with Crippen LogP contribution in [0.15, 0.2) is 11.4 Å². The number of rotatable bonds is 2. The first kappa shape index (κ1) is 10.6. The number of carboxylic acids is 1. The number of hydrogen-bond donors (Lipinski definition) is 1. The summed E-state index contributed by atoms with van der Waals surface area (Å²) in [6.07, 6.45) is 1.31. The molecule has 0 spiro atoms. The van der Waals surface area contributed by atoms with Crippen molar-refractivity contribution in [2.75, 3.05) is 6.61 Å². The van der Waals surface area contributed by atoms with Crippen molar-refractivity contribution < 1.29 is 14.6 Å². The quantitative estimate of drug-likeness (QED) is 0.843. The predicted octanol–water partition coefficient (Wildman–Crippen LogP) is 2.61. The highest BCUT2D eigenvalue weighted by atomic mass is 32.1. The first-order valence-corrected chi connectivity index (χ1v) is 5.96. The van der Waals surface area contributed by atoms with Crippen LogP contribution in [0.1, 0.15) is 29.4 Å². The van der Waals surface area contributed by atoms with Crippen LogP contribution in [0.2, 0.25) is 0 Å². The molecule has 82 valence electrons. The van der Waals surface area contributed by atoms with Crippen LogP contribution in [0, 0.1) is 12.8 Å². The Bertz CT molecular complexity index is 358. The highest BCUT2D eigenvalue weighted by Crippen LogP contribution is 2.35. The van der Waals surface area contributed by atoms with Gasteiger partial charge in [-0.3, -0.25) is 4.79 Å². The van der Waals surface area contributed by atoms with E-state index in [4.69, 9.17) is 9.84 Å². The third kappa shape index (κ3) is 2.21. The molecule has 0 saturated carbocycles. The SMILES string of the molecule is Cc1cc(C2OCCCC2C(=O)O)cs1. The van der Waals surface area contributed by atoms with Gasteiger partial charge in [0.05, 0.1) is 12.0 Å². The van der Waals surface area contributed by atoms with Gasteiger partial charge in [0.25, 0.3) is 0 Å². The Morgan fingerprint density at radius 2 is 2.47 bits per heavy atom. The minimum atomic E-state index is -0.747. The zero-order chi connectivity index (χ0) is 10.8. The number of hydrogen-bond acceptors (Lipinski definition) is 3. The average Bonchev–Trinajstić information content (AvgIpc) is 2.65. The summed E-state index contributed by atoms with van der Waals surface area (Å²) in [5.74, 6) is -1.13. The average molecular weight is 226 g/mol. The molecule has 2 atom stereocenters. The third-order valence-corrected chi connectivity index (χ3v) is 3.60. The van der Waals surface area contributed by atoms with E-state index in [0.717, 1.165) is 18.4 Å². The summed E-state index contributed by atoms with van der Waals surface area (Å²) >= 11 is 1.64.